The van der Waals surface area contributed by atoms with Crippen molar-refractivity contribution in [2.24, 2.45) is 5.41 Å². The predicted octanol–water partition coefficient (Wildman–Crippen LogP) is 4.03. The Morgan fingerprint density at radius 2 is 1.77 bits per heavy atom. The fourth-order valence-electron chi connectivity index (χ4n) is 4.79. The van der Waals surface area contributed by atoms with Crippen LogP contribution in [0.15, 0.2) is 48.5 Å². The van der Waals surface area contributed by atoms with Crippen LogP contribution in [0.1, 0.15) is 49.8 Å². The summed E-state index contributed by atoms with van der Waals surface area (Å²) in [5.41, 5.74) is 2.34. The van der Waals surface area contributed by atoms with Crippen molar-refractivity contribution in [2.45, 2.75) is 45.2 Å². The molecule has 3 rings (SSSR count). The summed E-state index contributed by atoms with van der Waals surface area (Å²) in [5, 5.41) is 2.96. The molecule has 190 valence electrons. The first-order valence-electron chi connectivity index (χ1n) is 12.4. The van der Waals surface area contributed by atoms with E-state index in [1.165, 1.54) is 0 Å². The molecule has 1 fully saturated rings. The van der Waals surface area contributed by atoms with E-state index < -0.39 is 0 Å². The minimum Gasteiger partial charge on any atom is -0.497 e. The lowest BCUT2D eigenvalue weighted by atomic mass is 9.77. The van der Waals surface area contributed by atoms with Crippen molar-refractivity contribution in [3.8, 4) is 11.5 Å². The van der Waals surface area contributed by atoms with E-state index in [4.69, 9.17) is 9.47 Å². The fourth-order valence-corrected chi connectivity index (χ4v) is 4.79. The lowest BCUT2D eigenvalue weighted by molar-refractivity contribution is -0.119. The van der Waals surface area contributed by atoms with Crippen LogP contribution >= 0.6 is 0 Å². The Morgan fingerprint density at radius 1 is 1.06 bits per heavy atom. The van der Waals surface area contributed by atoms with Gasteiger partial charge in [-0.1, -0.05) is 37.3 Å². The highest BCUT2D eigenvalue weighted by Gasteiger charge is 2.30. The number of ether oxygens (including phenoxy) is 2. The average molecular weight is 482 g/mol. The first kappa shape index (κ1) is 26.5. The molecule has 1 N–H and O–H groups in total. The maximum Gasteiger partial charge on any atom is 0.210 e. The topological polar surface area (TPSA) is 71.1 Å². The molecule has 0 aromatic heterocycles. The van der Waals surface area contributed by atoms with Crippen LogP contribution in [0, 0.1) is 5.41 Å². The highest BCUT2D eigenvalue weighted by atomic mass is 16.5. The summed E-state index contributed by atoms with van der Waals surface area (Å²) in [6, 6.07) is 15.7. The summed E-state index contributed by atoms with van der Waals surface area (Å²) in [5.74, 6) is 1.62. The number of para-hydroxylation sites is 1. The van der Waals surface area contributed by atoms with E-state index in [9.17, 15) is 9.59 Å². The smallest absolute Gasteiger partial charge is 0.210 e. The van der Waals surface area contributed by atoms with E-state index >= 15 is 0 Å². The fraction of sp³-hybridized carbons (Fsp3) is 0.500. The SMILES string of the molecule is COc1ccc(CN(C=O)CCC2(C)CCN(CCC(NC=O)c3ccccc3OC)CC2)cc1. The van der Waals surface area contributed by atoms with Gasteiger partial charge in [0.1, 0.15) is 11.5 Å². The standard InChI is InChI=1S/C28H39N3O4/c1-28(15-19-31(22-33)20-23-8-10-24(34-2)11-9-23)13-17-30(18-14-28)16-12-26(29-21-32)25-6-4-5-7-27(25)35-3/h4-11,21-22,26H,12-20H2,1-3H3,(H,29,32). The van der Waals surface area contributed by atoms with Crippen molar-refractivity contribution in [1.82, 2.24) is 15.1 Å². The average Bonchev–Trinajstić information content (AvgIpc) is 2.90. The highest BCUT2D eigenvalue weighted by Crippen LogP contribution is 2.35. The second-order valence-corrected chi connectivity index (χ2v) is 9.69. The molecule has 2 amide bonds. The summed E-state index contributed by atoms with van der Waals surface area (Å²) in [6.07, 6.45) is 5.75. The van der Waals surface area contributed by atoms with Crippen LogP contribution < -0.4 is 14.8 Å². The van der Waals surface area contributed by atoms with Gasteiger partial charge in [-0.2, -0.15) is 0 Å². The molecule has 0 saturated carbocycles. The van der Waals surface area contributed by atoms with Crippen LogP contribution in [-0.2, 0) is 16.1 Å². The number of likely N-dealkylation sites (tertiary alicyclic amines) is 1. The quantitative estimate of drug-likeness (QED) is 0.413. The van der Waals surface area contributed by atoms with Gasteiger partial charge in [0.05, 0.1) is 20.3 Å². The summed E-state index contributed by atoms with van der Waals surface area (Å²) in [7, 11) is 3.31. The van der Waals surface area contributed by atoms with E-state index in [1.807, 2.05) is 53.4 Å². The zero-order valence-corrected chi connectivity index (χ0v) is 21.2. The maximum absolute atomic E-state index is 11.7. The summed E-state index contributed by atoms with van der Waals surface area (Å²) < 4.78 is 10.7. The van der Waals surface area contributed by atoms with E-state index in [0.717, 1.165) is 87.3 Å². The van der Waals surface area contributed by atoms with Crippen LogP contribution in [0.4, 0.5) is 0 Å². The van der Waals surface area contributed by atoms with Crippen molar-refractivity contribution in [3.63, 3.8) is 0 Å². The minimum atomic E-state index is -0.0731. The lowest BCUT2D eigenvalue weighted by Gasteiger charge is -2.40. The van der Waals surface area contributed by atoms with Gasteiger partial charge in [0, 0.05) is 25.2 Å². The van der Waals surface area contributed by atoms with Gasteiger partial charge in [-0.25, -0.2) is 0 Å². The van der Waals surface area contributed by atoms with Crippen molar-refractivity contribution in [2.75, 3.05) is 40.4 Å². The molecule has 0 spiro atoms. The highest BCUT2D eigenvalue weighted by molar-refractivity contribution is 5.49. The largest absolute Gasteiger partial charge is 0.497 e. The number of hydrogen-bond donors (Lipinski definition) is 1. The molecule has 1 aliphatic heterocycles. The zero-order chi connectivity index (χ0) is 25.1. The van der Waals surface area contributed by atoms with Crippen molar-refractivity contribution < 1.29 is 19.1 Å². The summed E-state index contributed by atoms with van der Waals surface area (Å²) in [4.78, 5) is 27.2. The van der Waals surface area contributed by atoms with Gasteiger partial charge in [0.25, 0.3) is 0 Å². The van der Waals surface area contributed by atoms with Gasteiger partial charge in [-0.3, -0.25) is 9.59 Å². The summed E-state index contributed by atoms with van der Waals surface area (Å²) >= 11 is 0. The molecule has 0 bridgehead atoms. The van der Waals surface area contributed by atoms with Crippen molar-refractivity contribution in [1.29, 1.82) is 0 Å². The Hall–Kier alpha value is -3.06. The van der Waals surface area contributed by atoms with Crippen LogP contribution in [0.2, 0.25) is 0 Å². The van der Waals surface area contributed by atoms with Gasteiger partial charge in [-0.15, -0.1) is 0 Å². The zero-order valence-electron chi connectivity index (χ0n) is 21.2. The molecule has 1 heterocycles. The van der Waals surface area contributed by atoms with Gasteiger partial charge in [-0.05, 0) is 68.0 Å². The van der Waals surface area contributed by atoms with Crippen LogP contribution in [0.3, 0.4) is 0 Å². The number of amides is 2. The number of rotatable bonds is 14. The van der Waals surface area contributed by atoms with Gasteiger partial charge in [0.15, 0.2) is 0 Å². The Morgan fingerprint density at radius 3 is 2.40 bits per heavy atom. The number of nitrogens with one attached hydrogen (secondary N) is 1. The van der Waals surface area contributed by atoms with E-state index in [1.54, 1.807) is 14.2 Å². The number of benzene rings is 2. The molecule has 0 aliphatic carbocycles. The van der Waals surface area contributed by atoms with Crippen LogP contribution in [0.5, 0.6) is 11.5 Å². The molecular weight excluding hydrogens is 442 g/mol. The molecule has 1 atom stereocenters. The number of nitrogens with zero attached hydrogens (tertiary/aromatic N) is 2. The third-order valence-electron chi connectivity index (χ3n) is 7.28. The van der Waals surface area contributed by atoms with Crippen LogP contribution in [0.25, 0.3) is 0 Å². The Kier molecular flexibility index (Phi) is 9.97. The molecule has 7 heteroatoms. The molecule has 1 saturated heterocycles. The van der Waals surface area contributed by atoms with Crippen molar-refractivity contribution in [3.05, 3.63) is 59.7 Å². The molecule has 1 unspecified atom stereocenters. The van der Waals surface area contributed by atoms with Crippen LogP contribution in [-0.4, -0.2) is 63.0 Å². The second kappa shape index (κ2) is 13.1. The molecule has 7 nitrogen and oxygen atoms in total. The van der Waals surface area contributed by atoms with E-state index in [0.29, 0.717) is 6.54 Å². The molecule has 1 aliphatic rings. The maximum atomic E-state index is 11.7. The Bertz CT molecular complexity index is 926. The number of piperidine rings is 1. The molecule has 2 aromatic carbocycles. The molecule has 0 radical (unpaired) electrons. The molecule has 35 heavy (non-hydrogen) atoms. The van der Waals surface area contributed by atoms with Crippen molar-refractivity contribution >= 4 is 12.8 Å². The van der Waals surface area contributed by atoms with Gasteiger partial charge >= 0.3 is 0 Å². The third kappa shape index (κ3) is 7.72. The second-order valence-electron chi connectivity index (χ2n) is 9.69. The Labute approximate surface area is 209 Å². The summed E-state index contributed by atoms with van der Waals surface area (Å²) in [6.45, 7) is 6.67. The third-order valence-corrected chi connectivity index (χ3v) is 7.28. The predicted molar refractivity (Wildman–Crippen MR) is 137 cm³/mol. The number of carbonyl (C=O) groups is 2. The monoisotopic (exact) mass is 481 g/mol. The molecule has 2 aromatic rings. The van der Waals surface area contributed by atoms with E-state index in [-0.39, 0.29) is 11.5 Å². The minimum absolute atomic E-state index is 0.0731. The van der Waals surface area contributed by atoms with Gasteiger partial charge in [0.2, 0.25) is 12.8 Å². The number of methoxy groups -OCH3 is 2. The van der Waals surface area contributed by atoms with E-state index in [2.05, 4.69) is 17.1 Å². The number of carbonyl (C=O) groups excluding carboxylic acids is 2. The normalized spacial score (nSPS) is 16.2. The number of hydrogen-bond acceptors (Lipinski definition) is 5. The van der Waals surface area contributed by atoms with Gasteiger partial charge < -0.3 is 24.6 Å². The first-order chi connectivity index (χ1) is 17.0. The Balaban J connectivity index is 1.46. The first-order valence-corrected chi connectivity index (χ1v) is 12.4. The lowest BCUT2D eigenvalue weighted by Crippen LogP contribution is -2.41. The molecular formula is C28H39N3O4.